The first-order valence-electron chi connectivity index (χ1n) is 8.91. The molecule has 0 bridgehead atoms. The molecule has 0 aromatic heterocycles. The van der Waals surface area contributed by atoms with E-state index in [1.165, 1.54) is 0 Å². The number of carbonyl (C=O) groups excluding carboxylic acids is 2. The molecule has 6 nitrogen and oxygen atoms in total. The SMILES string of the molecule is C=CCN(C(=O)C1CC(=O)N(c2ccc(SC)cc2)C1)C1CCS(=O)(=O)C1. The van der Waals surface area contributed by atoms with Gasteiger partial charge in [0, 0.05) is 36.1 Å². The minimum Gasteiger partial charge on any atom is -0.335 e. The number of benzene rings is 1. The fraction of sp³-hybridized carbons (Fsp3) is 0.474. The molecule has 146 valence electrons. The molecule has 2 unspecified atom stereocenters. The lowest BCUT2D eigenvalue weighted by molar-refractivity contribution is -0.137. The molecular weight excluding hydrogens is 384 g/mol. The van der Waals surface area contributed by atoms with Crippen molar-refractivity contribution in [3.8, 4) is 0 Å². The van der Waals surface area contributed by atoms with Gasteiger partial charge in [-0.25, -0.2) is 8.42 Å². The quantitative estimate of drug-likeness (QED) is 0.531. The standard InChI is InChI=1S/C19H24N2O4S2/c1-3-9-20(16-8-10-27(24,25)13-16)19(23)14-11-18(22)21(12-14)15-4-6-17(26-2)7-5-15/h3-7,14,16H,1,8-13H2,2H3. The fourth-order valence-electron chi connectivity index (χ4n) is 3.70. The van der Waals surface area contributed by atoms with Gasteiger partial charge in [-0.3, -0.25) is 9.59 Å². The molecular formula is C19H24N2O4S2. The maximum atomic E-state index is 13.1. The van der Waals surface area contributed by atoms with E-state index in [-0.39, 0.29) is 35.8 Å². The van der Waals surface area contributed by atoms with Crippen LogP contribution in [0.1, 0.15) is 12.8 Å². The van der Waals surface area contributed by atoms with E-state index >= 15 is 0 Å². The summed E-state index contributed by atoms with van der Waals surface area (Å²) < 4.78 is 23.6. The number of amides is 2. The molecule has 8 heteroatoms. The monoisotopic (exact) mass is 408 g/mol. The summed E-state index contributed by atoms with van der Waals surface area (Å²) in [5.41, 5.74) is 0.784. The number of hydrogen-bond acceptors (Lipinski definition) is 5. The lowest BCUT2D eigenvalue weighted by Crippen LogP contribution is -2.45. The van der Waals surface area contributed by atoms with Crippen LogP contribution < -0.4 is 4.90 Å². The third kappa shape index (κ3) is 4.38. The average Bonchev–Trinajstić information content (AvgIpc) is 3.21. The minimum atomic E-state index is -3.09. The molecule has 0 aliphatic carbocycles. The Bertz CT molecular complexity index is 836. The molecule has 0 N–H and O–H groups in total. The summed E-state index contributed by atoms with van der Waals surface area (Å²) in [6, 6.07) is 7.36. The van der Waals surface area contributed by atoms with Crippen LogP contribution in [0.25, 0.3) is 0 Å². The third-order valence-electron chi connectivity index (χ3n) is 5.12. The molecule has 3 rings (SSSR count). The van der Waals surface area contributed by atoms with Crippen molar-refractivity contribution in [2.75, 3.05) is 35.8 Å². The van der Waals surface area contributed by atoms with Crippen molar-refractivity contribution < 1.29 is 18.0 Å². The van der Waals surface area contributed by atoms with E-state index in [0.717, 1.165) is 10.6 Å². The van der Waals surface area contributed by atoms with Crippen LogP contribution >= 0.6 is 11.8 Å². The van der Waals surface area contributed by atoms with Crippen molar-refractivity contribution in [1.82, 2.24) is 4.90 Å². The lowest BCUT2D eigenvalue weighted by atomic mass is 10.1. The minimum absolute atomic E-state index is 0.00684. The van der Waals surface area contributed by atoms with Crippen LogP contribution in [-0.4, -0.2) is 62.0 Å². The first-order chi connectivity index (χ1) is 12.8. The van der Waals surface area contributed by atoms with Crippen molar-refractivity contribution in [3.63, 3.8) is 0 Å². The van der Waals surface area contributed by atoms with E-state index in [2.05, 4.69) is 6.58 Å². The molecule has 2 heterocycles. The molecule has 0 spiro atoms. The zero-order valence-electron chi connectivity index (χ0n) is 15.3. The molecule has 1 aromatic rings. The first-order valence-corrected chi connectivity index (χ1v) is 12.0. The second kappa shape index (κ2) is 8.06. The highest BCUT2D eigenvalue weighted by Gasteiger charge is 2.41. The Balaban J connectivity index is 1.73. The Hall–Kier alpha value is -1.80. The Morgan fingerprint density at radius 1 is 1.37 bits per heavy atom. The van der Waals surface area contributed by atoms with Gasteiger partial charge in [0.1, 0.15) is 0 Å². The Kier molecular flexibility index (Phi) is 5.95. The van der Waals surface area contributed by atoms with Gasteiger partial charge in [0.25, 0.3) is 0 Å². The summed E-state index contributed by atoms with van der Waals surface area (Å²) in [7, 11) is -3.09. The molecule has 2 atom stereocenters. The second-order valence-corrected chi connectivity index (χ2v) is 10.0. The number of carbonyl (C=O) groups is 2. The molecule has 0 saturated carbocycles. The van der Waals surface area contributed by atoms with Gasteiger partial charge in [-0.2, -0.15) is 0 Å². The summed E-state index contributed by atoms with van der Waals surface area (Å²) in [6.07, 6.45) is 4.19. The summed E-state index contributed by atoms with van der Waals surface area (Å²) in [5, 5.41) is 0. The van der Waals surface area contributed by atoms with Crippen LogP contribution in [0, 0.1) is 5.92 Å². The normalized spacial score (nSPS) is 24.2. The first kappa shape index (κ1) is 19.9. The molecule has 0 radical (unpaired) electrons. The van der Waals surface area contributed by atoms with E-state index in [9.17, 15) is 18.0 Å². The van der Waals surface area contributed by atoms with Crippen molar-refractivity contribution in [3.05, 3.63) is 36.9 Å². The maximum Gasteiger partial charge on any atom is 0.228 e. The van der Waals surface area contributed by atoms with Crippen LogP contribution in [0.4, 0.5) is 5.69 Å². The lowest BCUT2D eigenvalue weighted by Gasteiger charge is -2.29. The van der Waals surface area contributed by atoms with Gasteiger partial charge in [0.15, 0.2) is 9.84 Å². The number of nitrogens with zero attached hydrogens (tertiary/aromatic N) is 2. The van der Waals surface area contributed by atoms with Gasteiger partial charge in [-0.05, 0) is 36.9 Å². The molecule has 27 heavy (non-hydrogen) atoms. The predicted molar refractivity (Wildman–Crippen MR) is 108 cm³/mol. The van der Waals surface area contributed by atoms with Gasteiger partial charge in [-0.1, -0.05) is 6.08 Å². The number of sulfone groups is 1. The van der Waals surface area contributed by atoms with E-state index in [1.54, 1.807) is 27.6 Å². The summed E-state index contributed by atoms with van der Waals surface area (Å²) in [6.45, 7) is 4.31. The summed E-state index contributed by atoms with van der Waals surface area (Å²) >= 11 is 1.63. The van der Waals surface area contributed by atoms with Crippen LogP contribution in [-0.2, 0) is 19.4 Å². The van der Waals surface area contributed by atoms with E-state index in [4.69, 9.17) is 0 Å². The molecule has 2 saturated heterocycles. The molecule has 2 aliphatic heterocycles. The molecule has 1 aromatic carbocycles. The zero-order valence-corrected chi connectivity index (χ0v) is 17.0. The Morgan fingerprint density at radius 3 is 2.63 bits per heavy atom. The van der Waals surface area contributed by atoms with Gasteiger partial charge >= 0.3 is 0 Å². The highest BCUT2D eigenvalue weighted by Crippen LogP contribution is 2.29. The highest BCUT2D eigenvalue weighted by molar-refractivity contribution is 7.98. The number of thioether (sulfide) groups is 1. The van der Waals surface area contributed by atoms with Crippen LogP contribution in [0.15, 0.2) is 41.8 Å². The van der Waals surface area contributed by atoms with Crippen LogP contribution in [0.2, 0.25) is 0 Å². The summed E-state index contributed by atoms with van der Waals surface area (Å²) in [4.78, 5) is 29.9. The van der Waals surface area contributed by atoms with Gasteiger partial charge in [-0.15, -0.1) is 18.3 Å². The van der Waals surface area contributed by atoms with Gasteiger partial charge in [0.05, 0.1) is 17.4 Å². The summed E-state index contributed by atoms with van der Waals surface area (Å²) in [5.74, 6) is -0.596. The van der Waals surface area contributed by atoms with Crippen LogP contribution in [0.5, 0.6) is 0 Å². The zero-order chi connectivity index (χ0) is 19.6. The second-order valence-electron chi connectivity index (χ2n) is 6.94. The van der Waals surface area contributed by atoms with E-state index < -0.39 is 15.8 Å². The average molecular weight is 409 g/mol. The smallest absolute Gasteiger partial charge is 0.228 e. The third-order valence-corrected chi connectivity index (χ3v) is 7.61. The maximum absolute atomic E-state index is 13.1. The van der Waals surface area contributed by atoms with Crippen molar-refractivity contribution >= 4 is 39.1 Å². The van der Waals surface area contributed by atoms with Crippen LogP contribution in [0.3, 0.4) is 0 Å². The van der Waals surface area contributed by atoms with Crippen molar-refractivity contribution in [2.24, 2.45) is 5.92 Å². The van der Waals surface area contributed by atoms with Gasteiger partial charge in [0.2, 0.25) is 11.8 Å². The Labute approximate surface area is 164 Å². The molecule has 2 amide bonds. The number of rotatable bonds is 6. The number of hydrogen-bond donors (Lipinski definition) is 0. The predicted octanol–water partition coefficient (Wildman–Crippen LogP) is 1.96. The van der Waals surface area contributed by atoms with E-state index in [0.29, 0.717) is 19.5 Å². The molecule has 2 fully saturated rings. The molecule has 2 aliphatic rings. The topological polar surface area (TPSA) is 74.8 Å². The van der Waals surface area contributed by atoms with Crippen molar-refractivity contribution in [2.45, 2.75) is 23.8 Å². The highest BCUT2D eigenvalue weighted by atomic mass is 32.2. The largest absolute Gasteiger partial charge is 0.335 e. The Morgan fingerprint density at radius 2 is 2.07 bits per heavy atom. The van der Waals surface area contributed by atoms with Crippen molar-refractivity contribution in [1.29, 1.82) is 0 Å². The number of anilines is 1. The fourth-order valence-corrected chi connectivity index (χ4v) is 5.84. The van der Waals surface area contributed by atoms with Gasteiger partial charge < -0.3 is 9.80 Å². The van der Waals surface area contributed by atoms with E-state index in [1.807, 2.05) is 30.5 Å².